The van der Waals surface area contributed by atoms with Gasteiger partial charge in [-0.15, -0.1) is 0 Å². The molecule has 2 aliphatic rings. The van der Waals surface area contributed by atoms with E-state index in [2.05, 4.69) is 10.0 Å². The van der Waals surface area contributed by atoms with Crippen LogP contribution in [0.4, 0.5) is 0 Å². The number of fused-ring (bicyclic) bond motifs is 1. The summed E-state index contributed by atoms with van der Waals surface area (Å²) in [7, 11) is -3.04. The molecule has 0 radical (unpaired) electrons. The van der Waals surface area contributed by atoms with E-state index in [1.807, 2.05) is 13.8 Å². The molecule has 2 fully saturated rings. The third-order valence-electron chi connectivity index (χ3n) is 2.96. The topological polar surface area (TPSA) is 58.2 Å². The molecule has 2 unspecified atom stereocenters. The van der Waals surface area contributed by atoms with Gasteiger partial charge in [-0.2, -0.15) is 0 Å². The standard InChI is InChI=1S/C9H18N2O2S/c1-6(2)5-14(12,13)11-9-7-3-10-4-8(7)9/h6-11H,3-5H2,1-2H3. The summed E-state index contributed by atoms with van der Waals surface area (Å²) in [6.07, 6.45) is 0. The van der Waals surface area contributed by atoms with Gasteiger partial charge in [0.05, 0.1) is 5.75 Å². The minimum absolute atomic E-state index is 0.198. The highest BCUT2D eigenvalue weighted by molar-refractivity contribution is 7.89. The summed E-state index contributed by atoms with van der Waals surface area (Å²) in [6.45, 7) is 5.79. The molecular weight excluding hydrogens is 200 g/mol. The number of sulfonamides is 1. The molecule has 82 valence electrons. The molecule has 2 atom stereocenters. The van der Waals surface area contributed by atoms with E-state index in [1.165, 1.54) is 0 Å². The molecule has 1 saturated carbocycles. The fourth-order valence-electron chi connectivity index (χ4n) is 2.29. The minimum Gasteiger partial charge on any atom is -0.316 e. The second-order valence-electron chi connectivity index (χ2n) is 4.80. The second-order valence-corrected chi connectivity index (χ2v) is 6.60. The molecule has 0 aromatic carbocycles. The lowest BCUT2D eigenvalue weighted by atomic mass is 10.3. The van der Waals surface area contributed by atoms with Gasteiger partial charge in [0.1, 0.15) is 0 Å². The van der Waals surface area contributed by atoms with Crippen molar-refractivity contribution in [3.05, 3.63) is 0 Å². The molecule has 0 spiro atoms. The van der Waals surface area contributed by atoms with E-state index in [4.69, 9.17) is 0 Å². The van der Waals surface area contributed by atoms with Crippen LogP contribution < -0.4 is 10.0 Å². The molecule has 5 heteroatoms. The first-order valence-electron chi connectivity index (χ1n) is 5.20. The van der Waals surface area contributed by atoms with Crippen LogP contribution in [-0.2, 0) is 10.0 Å². The molecule has 2 N–H and O–H groups in total. The van der Waals surface area contributed by atoms with Gasteiger partial charge in [-0.3, -0.25) is 0 Å². The fourth-order valence-corrected chi connectivity index (χ4v) is 4.03. The monoisotopic (exact) mass is 218 g/mol. The maximum atomic E-state index is 11.6. The third kappa shape index (κ3) is 2.10. The van der Waals surface area contributed by atoms with E-state index in [-0.39, 0.29) is 17.7 Å². The van der Waals surface area contributed by atoms with Gasteiger partial charge >= 0.3 is 0 Å². The Morgan fingerprint density at radius 3 is 2.43 bits per heavy atom. The van der Waals surface area contributed by atoms with Crippen molar-refractivity contribution in [1.82, 2.24) is 10.0 Å². The summed E-state index contributed by atoms with van der Waals surface area (Å²) in [5, 5.41) is 3.24. The summed E-state index contributed by atoms with van der Waals surface area (Å²) in [6, 6.07) is 0.222. The van der Waals surface area contributed by atoms with Crippen molar-refractivity contribution in [2.45, 2.75) is 19.9 Å². The molecule has 4 nitrogen and oxygen atoms in total. The van der Waals surface area contributed by atoms with Gasteiger partial charge in [0, 0.05) is 6.04 Å². The predicted molar refractivity (Wildman–Crippen MR) is 55.4 cm³/mol. The predicted octanol–water partition coefficient (Wildman–Crippen LogP) is -0.220. The summed E-state index contributed by atoms with van der Waals surface area (Å²) in [5.74, 6) is 1.55. The van der Waals surface area contributed by atoms with E-state index >= 15 is 0 Å². The maximum absolute atomic E-state index is 11.6. The van der Waals surface area contributed by atoms with Crippen LogP contribution in [0.5, 0.6) is 0 Å². The van der Waals surface area contributed by atoms with Crippen molar-refractivity contribution >= 4 is 10.0 Å². The minimum atomic E-state index is -3.04. The lowest BCUT2D eigenvalue weighted by molar-refractivity contribution is 0.554. The quantitative estimate of drug-likeness (QED) is 0.686. The van der Waals surface area contributed by atoms with E-state index in [0.717, 1.165) is 13.1 Å². The van der Waals surface area contributed by atoms with Crippen LogP contribution in [-0.4, -0.2) is 33.3 Å². The smallest absolute Gasteiger partial charge is 0.212 e. The summed E-state index contributed by atoms with van der Waals surface area (Å²) in [5.41, 5.74) is 0. The van der Waals surface area contributed by atoms with Crippen molar-refractivity contribution in [3.8, 4) is 0 Å². The molecule has 0 amide bonds. The van der Waals surface area contributed by atoms with E-state index in [0.29, 0.717) is 11.8 Å². The van der Waals surface area contributed by atoms with Crippen LogP contribution >= 0.6 is 0 Å². The van der Waals surface area contributed by atoms with Gasteiger partial charge in [0.25, 0.3) is 0 Å². The highest BCUT2D eigenvalue weighted by Crippen LogP contribution is 2.42. The van der Waals surface area contributed by atoms with Crippen LogP contribution in [0.1, 0.15) is 13.8 Å². The molecule has 0 aromatic rings. The first kappa shape index (κ1) is 10.4. The van der Waals surface area contributed by atoms with Gasteiger partial charge in [-0.05, 0) is 30.8 Å². The first-order valence-corrected chi connectivity index (χ1v) is 6.85. The molecule has 0 bridgehead atoms. The van der Waals surface area contributed by atoms with Gasteiger partial charge in [-0.25, -0.2) is 13.1 Å². The lowest BCUT2D eigenvalue weighted by Gasteiger charge is -2.10. The Labute approximate surface area is 85.5 Å². The molecule has 1 saturated heterocycles. The van der Waals surface area contributed by atoms with Gasteiger partial charge in [-0.1, -0.05) is 13.8 Å². The number of piperidine rings is 1. The summed E-state index contributed by atoms with van der Waals surface area (Å²) >= 11 is 0. The van der Waals surface area contributed by atoms with Crippen LogP contribution in [0.15, 0.2) is 0 Å². The summed E-state index contributed by atoms with van der Waals surface area (Å²) < 4.78 is 26.0. The van der Waals surface area contributed by atoms with Gasteiger partial charge in [0.2, 0.25) is 10.0 Å². The average Bonchev–Trinajstić information content (AvgIpc) is 2.51. The Morgan fingerprint density at radius 1 is 1.36 bits per heavy atom. The van der Waals surface area contributed by atoms with Crippen LogP contribution in [0, 0.1) is 17.8 Å². The van der Waals surface area contributed by atoms with E-state index in [9.17, 15) is 8.42 Å². The first-order chi connectivity index (χ1) is 6.49. The normalized spacial score (nSPS) is 36.1. The van der Waals surface area contributed by atoms with Crippen LogP contribution in [0.2, 0.25) is 0 Å². The fraction of sp³-hybridized carbons (Fsp3) is 1.00. The molecule has 1 aliphatic carbocycles. The van der Waals surface area contributed by atoms with Crippen molar-refractivity contribution in [3.63, 3.8) is 0 Å². The Hall–Kier alpha value is -0.130. The van der Waals surface area contributed by atoms with Crippen LogP contribution in [0.3, 0.4) is 0 Å². The zero-order valence-electron chi connectivity index (χ0n) is 8.66. The average molecular weight is 218 g/mol. The zero-order valence-corrected chi connectivity index (χ0v) is 9.47. The van der Waals surface area contributed by atoms with Crippen molar-refractivity contribution < 1.29 is 8.42 Å². The number of hydrogen-bond donors (Lipinski definition) is 2. The SMILES string of the molecule is CC(C)CS(=O)(=O)NC1C2CNCC21. The highest BCUT2D eigenvalue weighted by atomic mass is 32.2. The number of nitrogens with one attached hydrogen (secondary N) is 2. The van der Waals surface area contributed by atoms with Gasteiger partial charge < -0.3 is 5.32 Å². The molecule has 0 aromatic heterocycles. The number of rotatable bonds is 4. The Bertz CT molecular complexity index is 303. The molecule has 14 heavy (non-hydrogen) atoms. The van der Waals surface area contributed by atoms with Crippen molar-refractivity contribution in [2.75, 3.05) is 18.8 Å². The van der Waals surface area contributed by atoms with Crippen molar-refractivity contribution in [1.29, 1.82) is 0 Å². The largest absolute Gasteiger partial charge is 0.316 e. The molecule has 1 heterocycles. The van der Waals surface area contributed by atoms with Crippen LogP contribution in [0.25, 0.3) is 0 Å². The maximum Gasteiger partial charge on any atom is 0.212 e. The van der Waals surface area contributed by atoms with Gasteiger partial charge in [0.15, 0.2) is 0 Å². The second kappa shape index (κ2) is 3.47. The highest BCUT2D eigenvalue weighted by Gasteiger charge is 2.54. The summed E-state index contributed by atoms with van der Waals surface area (Å²) in [4.78, 5) is 0. The number of hydrogen-bond acceptors (Lipinski definition) is 3. The Balaban J connectivity index is 1.86. The Morgan fingerprint density at radius 2 is 1.93 bits per heavy atom. The Kier molecular flexibility index (Phi) is 2.57. The zero-order chi connectivity index (χ0) is 10.3. The van der Waals surface area contributed by atoms with E-state index < -0.39 is 10.0 Å². The molecular formula is C9H18N2O2S. The lowest BCUT2D eigenvalue weighted by Crippen LogP contribution is -2.35. The van der Waals surface area contributed by atoms with E-state index in [1.54, 1.807) is 0 Å². The molecule has 1 aliphatic heterocycles. The van der Waals surface area contributed by atoms with Crippen molar-refractivity contribution in [2.24, 2.45) is 17.8 Å². The third-order valence-corrected chi connectivity index (χ3v) is 4.70. The molecule has 2 rings (SSSR count).